The zero-order valence-electron chi connectivity index (χ0n) is 24.7. The standard InChI is InChI=1S/C31H63N3O2/c1-4-5-6-7-8-9-10-11-12-13-14-15-16-17-18-21-28-36-29-24-31-23-19-20-27-34(31)33(30-35)26-22-25-32(2)3/h30-31H,4-29H2,1-3H3. The first-order chi connectivity index (χ1) is 17.7. The molecule has 214 valence electrons. The summed E-state index contributed by atoms with van der Waals surface area (Å²) in [7, 11) is 4.18. The average Bonchev–Trinajstić information content (AvgIpc) is 2.88. The van der Waals surface area contributed by atoms with Gasteiger partial charge in [0, 0.05) is 32.3 Å². The van der Waals surface area contributed by atoms with Gasteiger partial charge in [-0.3, -0.25) is 9.80 Å². The number of hydrazine groups is 1. The molecule has 0 N–H and O–H groups in total. The van der Waals surface area contributed by atoms with Gasteiger partial charge in [0.15, 0.2) is 0 Å². The van der Waals surface area contributed by atoms with Gasteiger partial charge in [0.2, 0.25) is 6.41 Å². The van der Waals surface area contributed by atoms with E-state index in [9.17, 15) is 4.79 Å². The van der Waals surface area contributed by atoms with Crippen LogP contribution in [0.3, 0.4) is 0 Å². The van der Waals surface area contributed by atoms with E-state index in [4.69, 9.17) is 4.74 Å². The molecule has 0 aromatic heterocycles. The fourth-order valence-electron chi connectivity index (χ4n) is 5.48. The van der Waals surface area contributed by atoms with Gasteiger partial charge in [-0.25, -0.2) is 5.01 Å². The number of carbonyl (C=O) groups excluding carboxylic acids is 1. The van der Waals surface area contributed by atoms with Gasteiger partial charge < -0.3 is 9.64 Å². The Morgan fingerprint density at radius 3 is 1.81 bits per heavy atom. The van der Waals surface area contributed by atoms with Gasteiger partial charge in [-0.05, 0) is 52.7 Å². The zero-order chi connectivity index (χ0) is 26.1. The van der Waals surface area contributed by atoms with Crippen molar-refractivity contribution < 1.29 is 9.53 Å². The lowest BCUT2D eigenvalue weighted by molar-refractivity contribution is -0.144. The summed E-state index contributed by atoms with van der Waals surface area (Å²) in [5.74, 6) is 0. The molecule has 0 spiro atoms. The Morgan fingerprint density at radius 2 is 1.28 bits per heavy atom. The lowest BCUT2D eigenvalue weighted by atomic mass is 10.0. The minimum Gasteiger partial charge on any atom is -0.381 e. The summed E-state index contributed by atoms with van der Waals surface area (Å²) in [6, 6.07) is 0.453. The van der Waals surface area contributed by atoms with Crippen LogP contribution in [0.25, 0.3) is 0 Å². The summed E-state index contributed by atoms with van der Waals surface area (Å²) in [6.45, 7) is 6.85. The van der Waals surface area contributed by atoms with E-state index < -0.39 is 0 Å². The van der Waals surface area contributed by atoms with Crippen molar-refractivity contribution in [2.75, 3.05) is 46.9 Å². The molecule has 1 rings (SSSR count). The SMILES string of the molecule is CCCCCCCCCCCCCCCCCCOCCC1CCCCN1N(C=O)CCCN(C)C. The fourth-order valence-corrected chi connectivity index (χ4v) is 5.48. The maximum atomic E-state index is 11.7. The van der Waals surface area contributed by atoms with E-state index in [1.165, 1.54) is 122 Å². The second-order valence-corrected chi connectivity index (χ2v) is 11.4. The summed E-state index contributed by atoms with van der Waals surface area (Å²) in [5, 5.41) is 4.26. The van der Waals surface area contributed by atoms with Crippen molar-refractivity contribution in [3.05, 3.63) is 0 Å². The van der Waals surface area contributed by atoms with Crippen LogP contribution in [0.5, 0.6) is 0 Å². The summed E-state index contributed by atoms with van der Waals surface area (Å²) in [5.41, 5.74) is 0. The Morgan fingerprint density at radius 1 is 0.722 bits per heavy atom. The van der Waals surface area contributed by atoms with Crippen LogP contribution in [0, 0.1) is 0 Å². The number of rotatable bonds is 26. The Labute approximate surface area is 225 Å². The van der Waals surface area contributed by atoms with Gasteiger partial charge in [0.05, 0.1) is 0 Å². The van der Waals surface area contributed by atoms with Crippen LogP contribution < -0.4 is 0 Å². The average molecular weight is 510 g/mol. The molecule has 36 heavy (non-hydrogen) atoms. The molecule has 1 fully saturated rings. The number of unbranched alkanes of at least 4 members (excludes halogenated alkanes) is 15. The third-order valence-corrected chi connectivity index (χ3v) is 7.78. The second kappa shape index (κ2) is 24.7. The maximum absolute atomic E-state index is 11.7. The Kier molecular flexibility index (Phi) is 22.9. The Hall–Kier alpha value is -0.650. The van der Waals surface area contributed by atoms with Gasteiger partial charge in [-0.2, -0.15) is 0 Å². The van der Waals surface area contributed by atoms with Crippen LogP contribution in [0.1, 0.15) is 142 Å². The quantitative estimate of drug-likeness (QED) is 0.0879. The van der Waals surface area contributed by atoms with Crippen molar-refractivity contribution in [3.63, 3.8) is 0 Å². The number of hydrogen-bond acceptors (Lipinski definition) is 4. The van der Waals surface area contributed by atoms with Gasteiger partial charge in [-0.15, -0.1) is 0 Å². The van der Waals surface area contributed by atoms with Crippen LogP contribution in [0.2, 0.25) is 0 Å². The van der Waals surface area contributed by atoms with Crippen molar-refractivity contribution in [2.24, 2.45) is 0 Å². The van der Waals surface area contributed by atoms with Crippen molar-refractivity contribution in [2.45, 2.75) is 148 Å². The molecule has 0 aromatic carbocycles. The summed E-state index contributed by atoms with van der Waals surface area (Å²) >= 11 is 0. The fraction of sp³-hybridized carbons (Fsp3) is 0.968. The first-order valence-corrected chi connectivity index (χ1v) is 15.9. The highest BCUT2D eigenvalue weighted by Crippen LogP contribution is 2.21. The third kappa shape index (κ3) is 18.6. The largest absolute Gasteiger partial charge is 0.381 e. The van der Waals surface area contributed by atoms with E-state index in [2.05, 4.69) is 30.9 Å². The molecule has 1 amide bonds. The molecule has 5 heteroatoms. The van der Waals surface area contributed by atoms with E-state index in [-0.39, 0.29) is 0 Å². The molecule has 5 nitrogen and oxygen atoms in total. The minimum atomic E-state index is 0.453. The predicted molar refractivity (Wildman–Crippen MR) is 155 cm³/mol. The van der Waals surface area contributed by atoms with Crippen LogP contribution >= 0.6 is 0 Å². The molecular formula is C31H63N3O2. The molecule has 0 aliphatic carbocycles. The van der Waals surface area contributed by atoms with Crippen molar-refractivity contribution in [3.8, 4) is 0 Å². The molecule has 1 heterocycles. The van der Waals surface area contributed by atoms with Crippen LogP contribution in [0.15, 0.2) is 0 Å². The molecular weight excluding hydrogens is 446 g/mol. The summed E-state index contributed by atoms with van der Waals surface area (Å²) in [6.07, 6.45) is 29.2. The van der Waals surface area contributed by atoms with E-state index in [0.29, 0.717) is 6.04 Å². The van der Waals surface area contributed by atoms with Crippen LogP contribution in [0.4, 0.5) is 0 Å². The number of nitrogens with zero attached hydrogens (tertiary/aromatic N) is 3. The van der Waals surface area contributed by atoms with E-state index in [0.717, 1.165) is 52.1 Å². The smallest absolute Gasteiger partial charge is 0.224 e. The third-order valence-electron chi connectivity index (χ3n) is 7.78. The summed E-state index contributed by atoms with van der Waals surface area (Å²) < 4.78 is 5.99. The Bertz CT molecular complexity index is 475. The van der Waals surface area contributed by atoms with Gasteiger partial charge in [-0.1, -0.05) is 110 Å². The molecule has 0 saturated carbocycles. The molecule has 1 aliphatic heterocycles. The molecule has 0 radical (unpaired) electrons. The van der Waals surface area contributed by atoms with E-state index in [1.807, 2.05) is 5.01 Å². The van der Waals surface area contributed by atoms with Crippen LogP contribution in [-0.4, -0.2) is 74.3 Å². The van der Waals surface area contributed by atoms with Gasteiger partial charge in [0.25, 0.3) is 0 Å². The normalized spacial score (nSPS) is 16.6. The molecule has 1 unspecified atom stereocenters. The number of piperidine rings is 1. The van der Waals surface area contributed by atoms with Crippen molar-refractivity contribution >= 4 is 6.41 Å². The summed E-state index contributed by atoms with van der Waals surface area (Å²) in [4.78, 5) is 13.9. The number of hydrogen-bond donors (Lipinski definition) is 0. The molecule has 1 atom stereocenters. The molecule has 0 bridgehead atoms. The molecule has 1 aliphatic rings. The highest BCUT2D eigenvalue weighted by atomic mass is 16.5. The Balaban J connectivity index is 1.92. The number of amides is 1. The highest BCUT2D eigenvalue weighted by Gasteiger charge is 2.26. The van der Waals surface area contributed by atoms with Crippen LogP contribution in [-0.2, 0) is 9.53 Å². The zero-order valence-corrected chi connectivity index (χ0v) is 24.7. The molecule has 0 aromatic rings. The van der Waals surface area contributed by atoms with Crippen molar-refractivity contribution in [1.29, 1.82) is 0 Å². The lowest BCUT2D eigenvalue weighted by Crippen LogP contribution is -2.51. The van der Waals surface area contributed by atoms with E-state index >= 15 is 0 Å². The number of ether oxygens (including phenoxy) is 1. The monoisotopic (exact) mass is 509 g/mol. The second-order valence-electron chi connectivity index (χ2n) is 11.4. The minimum absolute atomic E-state index is 0.453. The van der Waals surface area contributed by atoms with Gasteiger partial charge in [0.1, 0.15) is 0 Å². The van der Waals surface area contributed by atoms with Crippen molar-refractivity contribution in [1.82, 2.24) is 14.9 Å². The maximum Gasteiger partial charge on any atom is 0.224 e. The van der Waals surface area contributed by atoms with E-state index in [1.54, 1.807) is 0 Å². The van der Waals surface area contributed by atoms with Gasteiger partial charge >= 0.3 is 0 Å². The molecule has 1 saturated heterocycles. The first kappa shape index (κ1) is 33.4. The highest BCUT2D eigenvalue weighted by molar-refractivity contribution is 5.46. The first-order valence-electron chi connectivity index (χ1n) is 15.9. The predicted octanol–water partition coefficient (Wildman–Crippen LogP) is 7.83. The lowest BCUT2D eigenvalue weighted by Gasteiger charge is -2.41. The topological polar surface area (TPSA) is 36.0 Å². The number of carbonyl (C=O) groups is 1.